The molecule has 18 heteroatoms. The van der Waals surface area contributed by atoms with Crippen LogP contribution in [0, 0.1) is 0 Å². The minimum Gasteiger partial charge on any atom is -0.481 e. The second-order valence-electron chi connectivity index (χ2n) is 6.80. The SMILES string of the molecule is O=C(O)CCC(=O)OC(=O)CC(O)(CC(=O)OC(=O)CCC(=O)O)C(=O)OC(=O)C(O)C(O)C(=O)O. The van der Waals surface area contributed by atoms with Crippen molar-refractivity contribution in [2.45, 2.75) is 56.3 Å². The number of aliphatic hydroxyl groups is 3. The lowest BCUT2D eigenvalue weighted by Crippen LogP contribution is -2.48. The lowest BCUT2D eigenvalue weighted by molar-refractivity contribution is -0.190. The van der Waals surface area contributed by atoms with Gasteiger partial charge in [0.2, 0.25) is 0 Å². The van der Waals surface area contributed by atoms with Crippen molar-refractivity contribution in [3.8, 4) is 0 Å². The van der Waals surface area contributed by atoms with Gasteiger partial charge in [0, 0.05) is 0 Å². The van der Waals surface area contributed by atoms with Crippen molar-refractivity contribution in [1.29, 1.82) is 0 Å². The van der Waals surface area contributed by atoms with Gasteiger partial charge in [-0.1, -0.05) is 0 Å². The maximum atomic E-state index is 12.3. The number of hydrogen-bond acceptors (Lipinski definition) is 15. The summed E-state index contributed by atoms with van der Waals surface area (Å²) in [5.74, 6) is -15.8. The zero-order chi connectivity index (χ0) is 28.2. The largest absolute Gasteiger partial charge is 0.481 e. The summed E-state index contributed by atoms with van der Waals surface area (Å²) in [6.07, 6.45) is -12.2. The van der Waals surface area contributed by atoms with Gasteiger partial charge in [-0.05, 0) is 0 Å². The number of hydrogen-bond donors (Lipinski definition) is 6. The molecule has 2 unspecified atom stereocenters. The van der Waals surface area contributed by atoms with Crippen molar-refractivity contribution >= 4 is 53.7 Å². The third-order valence-corrected chi connectivity index (χ3v) is 3.78. The molecule has 200 valence electrons. The molecule has 0 saturated carbocycles. The Kier molecular flexibility index (Phi) is 12.5. The summed E-state index contributed by atoms with van der Waals surface area (Å²) in [6, 6.07) is 0. The lowest BCUT2D eigenvalue weighted by atomic mass is 9.95. The Morgan fingerprint density at radius 3 is 1.31 bits per heavy atom. The molecule has 0 aromatic carbocycles. The molecule has 0 bridgehead atoms. The summed E-state index contributed by atoms with van der Waals surface area (Å²) in [5.41, 5.74) is -3.46. The second-order valence-corrected chi connectivity index (χ2v) is 6.80. The highest BCUT2D eigenvalue weighted by atomic mass is 16.6. The fourth-order valence-electron chi connectivity index (χ4n) is 2.04. The fraction of sp³-hybridized carbons (Fsp3) is 0.500. The van der Waals surface area contributed by atoms with Gasteiger partial charge in [-0.15, -0.1) is 0 Å². The molecule has 0 fully saturated rings. The zero-order valence-electron chi connectivity index (χ0n) is 18.0. The molecule has 2 atom stereocenters. The van der Waals surface area contributed by atoms with Gasteiger partial charge in [0.25, 0.3) is 0 Å². The van der Waals surface area contributed by atoms with E-state index in [1.807, 2.05) is 0 Å². The zero-order valence-corrected chi connectivity index (χ0v) is 18.0. The van der Waals surface area contributed by atoms with Crippen LogP contribution in [0.4, 0.5) is 0 Å². The highest BCUT2D eigenvalue weighted by Crippen LogP contribution is 2.21. The van der Waals surface area contributed by atoms with Gasteiger partial charge in [-0.3, -0.25) is 28.8 Å². The number of carbonyl (C=O) groups is 9. The predicted molar refractivity (Wildman–Crippen MR) is 101 cm³/mol. The molecule has 0 aliphatic carbocycles. The number of ether oxygens (including phenoxy) is 3. The molecule has 0 aliphatic heterocycles. The minimum atomic E-state index is -3.46. The van der Waals surface area contributed by atoms with E-state index in [0.717, 1.165) is 0 Å². The van der Waals surface area contributed by atoms with Crippen molar-refractivity contribution in [1.82, 2.24) is 0 Å². The normalized spacial score (nSPS) is 12.4. The average molecular weight is 524 g/mol. The Morgan fingerprint density at radius 1 is 0.583 bits per heavy atom. The number of carboxylic acids is 3. The highest BCUT2D eigenvalue weighted by Gasteiger charge is 2.46. The summed E-state index contributed by atoms with van der Waals surface area (Å²) in [7, 11) is 0. The third-order valence-electron chi connectivity index (χ3n) is 3.78. The topological polar surface area (TPSA) is 303 Å². The van der Waals surface area contributed by atoms with E-state index in [4.69, 9.17) is 20.4 Å². The van der Waals surface area contributed by atoms with E-state index in [-0.39, 0.29) is 0 Å². The summed E-state index contributed by atoms with van der Waals surface area (Å²) in [5, 5.41) is 54.5. The number of aliphatic carboxylic acids is 3. The smallest absolute Gasteiger partial charge is 0.347 e. The van der Waals surface area contributed by atoms with Gasteiger partial charge in [-0.2, -0.15) is 0 Å². The molecule has 0 aliphatic rings. The van der Waals surface area contributed by atoms with Crippen LogP contribution in [-0.2, 0) is 57.4 Å². The molecule has 36 heavy (non-hydrogen) atoms. The maximum absolute atomic E-state index is 12.3. The van der Waals surface area contributed by atoms with E-state index >= 15 is 0 Å². The van der Waals surface area contributed by atoms with E-state index in [9.17, 15) is 53.4 Å². The Labute approximate surface area is 199 Å². The maximum Gasteiger partial charge on any atom is 0.347 e. The molecule has 0 amide bonds. The van der Waals surface area contributed by atoms with Crippen LogP contribution in [0.15, 0.2) is 0 Å². The molecular weight excluding hydrogens is 504 g/mol. The summed E-state index contributed by atoms with van der Waals surface area (Å²) in [6.45, 7) is 0. The summed E-state index contributed by atoms with van der Waals surface area (Å²) < 4.78 is 12.3. The highest BCUT2D eigenvalue weighted by molar-refractivity contribution is 5.99. The molecule has 0 rings (SSSR count). The van der Waals surface area contributed by atoms with E-state index < -0.39 is 110 Å². The first-order chi connectivity index (χ1) is 16.5. The fourth-order valence-corrected chi connectivity index (χ4v) is 2.04. The molecule has 0 aromatic heterocycles. The Bertz CT molecular complexity index is 886. The second kappa shape index (κ2) is 14.2. The van der Waals surface area contributed by atoms with Crippen LogP contribution in [0.1, 0.15) is 38.5 Å². The number of carboxylic acid groups (broad SMARTS) is 3. The van der Waals surface area contributed by atoms with Gasteiger partial charge in [0.05, 0.1) is 38.5 Å². The van der Waals surface area contributed by atoms with Gasteiger partial charge in [-0.25, -0.2) is 14.4 Å². The van der Waals surface area contributed by atoms with Gasteiger partial charge in [0.15, 0.2) is 17.8 Å². The van der Waals surface area contributed by atoms with E-state index in [2.05, 4.69) is 14.2 Å². The number of esters is 6. The molecule has 0 radical (unpaired) electrons. The average Bonchev–Trinajstić information content (AvgIpc) is 2.74. The van der Waals surface area contributed by atoms with Gasteiger partial charge in [0.1, 0.15) is 0 Å². The summed E-state index contributed by atoms with van der Waals surface area (Å²) >= 11 is 0. The monoisotopic (exact) mass is 524 g/mol. The van der Waals surface area contributed by atoms with Crippen molar-refractivity contribution < 1.29 is 88.0 Å². The van der Waals surface area contributed by atoms with Crippen molar-refractivity contribution in [3.63, 3.8) is 0 Å². The first-order valence-corrected chi connectivity index (χ1v) is 9.46. The van der Waals surface area contributed by atoms with E-state index in [1.165, 1.54) is 0 Å². The van der Waals surface area contributed by atoms with Crippen molar-refractivity contribution in [3.05, 3.63) is 0 Å². The van der Waals surface area contributed by atoms with Crippen molar-refractivity contribution in [2.75, 3.05) is 0 Å². The van der Waals surface area contributed by atoms with Gasteiger partial charge >= 0.3 is 53.7 Å². The molecule has 0 saturated heterocycles. The Hall–Kier alpha value is -4.29. The molecular formula is C18H20O18. The van der Waals surface area contributed by atoms with Gasteiger partial charge < -0.3 is 44.8 Å². The molecule has 0 heterocycles. The number of rotatable bonds is 14. The third kappa shape index (κ3) is 11.7. The van der Waals surface area contributed by atoms with E-state index in [1.54, 1.807) is 0 Å². The molecule has 18 nitrogen and oxygen atoms in total. The number of aliphatic hydroxyl groups excluding tert-OH is 2. The standard InChI is InChI=1S/C18H20O18/c19-7(20)1-3-9(23)34-11(25)5-18(33,6-12(26)35-10(24)4-2-8(21)22)17(32)36-16(31)14(28)13(27)15(29)30/h13-14,27-28,33H,1-6H2,(H,19,20)(H,21,22)(H,29,30). The number of carbonyl (C=O) groups excluding carboxylic acids is 6. The molecule has 0 spiro atoms. The Morgan fingerprint density at radius 2 is 0.972 bits per heavy atom. The minimum absolute atomic E-state index is 0.776. The first-order valence-electron chi connectivity index (χ1n) is 9.46. The quantitative estimate of drug-likeness (QED) is 0.0721. The van der Waals surface area contributed by atoms with Crippen LogP contribution in [0.5, 0.6) is 0 Å². The van der Waals surface area contributed by atoms with Crippen LogP contribution in [0.2, 0.25) is 0 Å². The van der Waals surface area contributed by atoms with Crippen LogP contribution in [0.25, 0.3) is 0 Å². The van der Waals surface area contributed by atoms with Crippen LogP contribution in [0.3, 0.4) is 0 Å². The molecule has 6 N–H and O–H groups in total. The van der Waals surface area contributed by atoms with Crippen LogP contribution >= 0.6 is 0 Å². The van der Waals surface area contributed by atoms with Crippen LogP contribution < -0.4 is 0 Å². The predicted octanol–water partition coefficient (Wildman–Crippen LogP) is -3.76. The van der Waals surface area contributed by atoms with Crippen molar-refractivity contribution in [2.24, 2.45) is 0 Å². The van der Waals surface area contributed by atoms with Crippen LogP contribution in [-0.4, -0.2) is 102 Å². The lowest BCUT2D eigenvalue weighted by Gasteiger charge is -2.24. The van der Waals surface area contributed by atoms with E-state index in [0.29, 0.717) is 0 Å². The first kappa shape index (κ1) is 31.7. The Balaban J connectivity index is 5.60. The summed E-state index contributed by atoms with van der Waals surface area (Å²) in [4.78, 5) is 102. The molecule has 0 aromatic rings.